The largest absolute Gasteiger partial charge is 0.384 e. The fourth-order valence-electron chi connectivity index (χ4n) is 1.49. The molecule has 4 heteroatoms. The van der Waals surface area contributed by atoms with Crippen molar-refractivity contribution < 1.29 is 0 Å². The van der Waals surface area contributed by atoms with E-state index in [2.05, 4.69) is 28.8 Å². The summed E-state index contributed by atoms with van der Waals surface area (Å²) >= 11 is 0. The molecule has 88 valence electrons. The fraction of sp³-hybridized carbons (Fsp3) is 0.308. The van der Waals surface area contributed by atoms with Crippen molar-refractivity contribution in [3.05, 3.63) is 36.2 Å². The Morgan fingerprint density at radius 3 is 2.65 bits per heavy atom. The van der Waals surface area contributed by atoms with E-state index >= 15 is 0 Å². The summed E-state index contributed by atoms with van der Waals surface area (Å²) in [6.45, 7) is 4.97. The van der Waals surface area contributed by atoms with Gasteiger partial charge in [0.25, 0.3) is 0 Å². The highest BCUT2D eigenvalue weighted by atomic mass is 14.9. The molecule has 2 N–H and O–H groups in total. The monoisotopic (exact) mass is 228 g/mol. The number of amidine groups is 1. The Hall–Kier alpha value is -1.97. The van der Waals surface area contributed by atoms with E-state index in [9.17, 15) is 0 Å². The quantitative estimate of drug-likeness (QED) is 0.645. The molecule has 0 fully saturated rings. The maximum atomic E-state index is 5.94. The maximum absolute atomic E-state index is 5.94. The lowest BCUT2D eigenvalue weighted by atomic mass is 10.1. The summed E-state index contributed by atoms with van der Waals surface area (Å²) in [6, 6.07) is 5.76. The van der Waals surface area contributed by atoms with Crippen LogP contribution in [0.1, 0.15) is 19.4 Å². The second-order valence-corrected chi connectivity index (χ2v) is 4.38. The van der Waals surface area contributed by atoms with Gasteiger partial charge in [-0.05, 0) is 24.1 Å². The van der Waals surface area contributed by atoms with Crippen LogP contribution in [0.15, 0.2) is 35.6 Å². The van der Waals surface area contributed by atoms with Gasteiger partial charge in [0.1, 0.15) is 5.84 Å². The normalized spacial score (nSPS) is 12.3. The molecule has 0 aliphatic carbocycles. The molecule has 0 amide bonds. The van der Waals surface area contributed by atoms with E-state index < -0.39 is 0 Å². The Kier molecular flexibility index (Phi) is 3.32. The van der Waals surface area contributed by atoms with Gasteiger partial charge >= 0.3 is 0 Å². The van der Waals surface area contributed by atoms with E-state index in [0.717, 1.165) is 23.1 Å². The van der Waals surface area contributed by atoms with Gasteiger partial charge in [-0.15, -0.1) is 0 Å². The Morgan fingerprint density at radius 1 is 1.24 bits per heavy atom. The van der Waals surface area contributed by atoms with Crippen molar-refractivity contribution in [2.45, 2.75) is 13.8 Å². The number of fused-ring (bicyclic) bond motifs is 1. The first-order valence-electron chi connectivity index (χ1n) is 5.68. The number of aliphatic imine (C=N–C) groups is 1. The Labute approximate surface area is 101 Å². The Bertz CT molecular complexity index is 546. The SMILES string of the molecule is CC(C)CN=C(N)c1ccc2nccnc2c1. The lowest BCUT2D eigenvalue weighted by molar-refractivity contribution is 0.665. The van der Waals surface area contributed by atoms with Crippen molar-refractivity contribution in [1.29, 1.82) is 0 Å². The molecule has 0 bridgehead atoms. The lowest BCUT2D eigenvalue weighted by Crippen LogP contribution is -2.15. The van der Waals surface area contributed by atoms with Gasteiger partial charge in [0.15, 0.2) is 0 Å². The highest BCUT2D eigenvalue weighted by Gasteiger charge is 2.02. The van der Waals surface area contributed by atoms with E-state index in [0.29, 0.717) is 11.8 Å². The van der Waals surface area contributed by atoms with Gasteiger partial charge in [0, 0.05) is 24.5 Å². The van der Waals surface area contributed by atoms with E-state index in [1.165, 1.54) is 0 Å². The highest BCUT2D eigenvalue weighted by molar-refractivity contribution is 5.99. The van der Waals surface area contributed by atoms with Gasteiger partial charge in [-0.2, -0.15) is 0 Å². The summed E-state index contributed by atoms with van der Waals surface area (Å²) in [5, 5.41) is 0. The van der Waals surface area contributed by atoms with Crippen LogP contribution in [0.25, 0.3) is 11.0 Å². The average molecular weight is 228 g/mol. The van der Waals surface area contributed by atoms with Crippen LogP contribution in [-0.2, 0) is 0 Å². The third kappa shape index (κ3) is 2.78. The summed E-state index contributed by atoms with van der Waals surface area (Å²) in [5.41, 5.74) is 8.55. The first kappa shape index (κ1) is 11.5. The smallest absolute Gasteiger partial charge is 0.125 e. The van der Waals surface area contributed by atoms with Crippen molar-refractivity contribution >= 4 is 16.9 Å². The van der Waals surface area contributed by atoms with Crippen molar-refractivity contribution in [2.75, 3.05) is 6.54 Å². The lowest BCUT2D eigenvalue weighted by Gasteiger charge is -2.04. The predicted molar refractivity (Wildman–Crippen MR) is 70.0 cm³/mol. The molecule has 0 aliphatic heterocycles. The predicted octanol–water partition coefficient (Wildman–Crippen LogP) is 1.99. The molecule has 0 aliphatic rings. The molecule has 0 saturated carbocycles. The molecule has 0 atom stereocenters. The number of nitrogens with zero attached hydrogens (tertiary/aromatic N) is 3. The molecule has 0 unspecified atom stereocenters. The van der Waals surface area contributed by atoms with Crippen molar-refractivity contribution in [3.8, 4) is 0 Å². The van der Waals surface area contributed by atoms with Crippen LogP contribution in [-0.4, -0.2) is 22.3 Å². The summed E-state index contributed by atoms with van der Waals surface area (Å²) in [4.78, 5) is 12.8. The molecule has 2 aromatic rings. The molecular weight excluding hydrogens is 212 g/mol. The Balaban J connectivity index is 2.33. The number of hydrogen-bond acceptors (Lipinski definition) is 3. The minimum atomic E-state index is 0.508. The summed E-state index contributed by atoms with van der Waals surface area (Å²) in [5.74, 6) is 1.07. The van der Waals surface area contributed by atoms with Crippen molar-refractivity contribution in [2.24, 2.45) is 16.6 Å². The third-order valence-electron chi connectivity index (χ3n) is 2.39. The summed E-state index contributed by atoms with van der Waals surface area (Å²) in [7, 11) is 0. The molecule has 0 radical (unpaired) electrons. The number of hydrogen-bond donors (Lipinski definition) is 1. The average Bonchev–Trinajstić information content (AvgIpc) is 2.35. The van der Waals surface area contributed by atoms with Gasteiger partial charge in [-0.1, -0.05) is 13.8 Å². The minimum absolute atomic E-state index is 0.508. The molecular formula is C13H16N4. The van der Waals surface area contributed by atoms with Crippen molar-refractivity contribution in [3.63, 3.8) is 0 Å². The molecule has 17 heavy (non-hydrogen) atoms. The summed E-state index contributed by atoms with van der Waals surface area (Å²) in [6.07, 6.45) is 3.35. The van der Waals surface area contributed by atoms with E-state index in [4.69, 9.17) is 5.73 Å². The van der Waals surface area contributed by atoms with Crippen LogP contribution < -0.4 is 5.73 Å². The molecule has 1 aromatic carbocycles. The second-order valence-electron chi connectivity index (χ2n) is 4.38. The molecule has 4 nitrogen and oxygen atoms in total. The fourth-order valence-corrected chi connectivity index (χ4v) is 1.49. The minimum Gasteiger partial charge on any atom is -0.384 e. The van der Waals surface area contributed by atoms with E-state index in [1.807, 2.05) is 18.2 Å². The number of nitrogens with two attached hydrogens (primary N) is 1. The van der Waals surface area contributed by atoms with Crippen LogP contribution in [0.3, 0.4) is 0 Å². The highest BCUT2D eigenvalue weighted by Crippen LogP contribution is 2.10. The maximum Gasteiger partial charge on any atom is 0.125 e. The zero-order valence-corrected chi connectivity index (χ0v) is 10.1. The van der Waals surface area contributed by atoms with E-state index in [-0.39, 0.29) is 0 Å². The van der Waals surface area contributed by atoms with Crippen LogP contribution in [0, 0.1) is 5.92 Å². The Morgan fingerprint density at radius 2 is 1.94 bits per heavy atom. The molecule has 1 aromatic heterocycles. The van der Waals surface area contributed by atoms with E-state index in [1.54, 1.807) is 12.4 Å². The van der Waals surface area contributed by atoms with Gasteiger partial charge in [0.05, 0.1) is 11.0 Å². The standard InChI is InChI=1S/C13H16N4/c1-9(2)8-17-13(14)10-3-4-11-12(7-10)16-6-5-15-11/h3-7,9H,8H2,1-2H3,(H2,14,17). The van der Waals surface area contributed by atoms with Crippen LogP contribution in [0.2, 0.25) is 0 Å². The second kappa shape index (κ2) is 4.91. The molecule has 2 rings (SSSR count). The van der Waals surface area contributed by atoms with Crippen molar-refractivity contribution in [1.82, 2.24) is 9.97 Å². The molecule has 0 saturated heterocycles. The van der Waals surface area contributed by atoms with Gasteiger partial charge in [-0.3, -0.25) is 15.0 Å². The van der Waals surface area contributed by atoms with Gasteiger partial charge in [0.2, 0.25) is 0 Å². The molecule has 1 heterocycles. The van der Waals surface area contributed by atoms with Gasteiger partial charge in [-0.25, -0.2) is 0 Å². The zero-order valence-electron chi connectivity index (χ0n) is 10.1. The van der Waals surface area contributed by atoms with Gasteiger partial charge < -0.3 is 5.73 Å². The zero-order chi connectivity index (χ0) is 12.3. The van der Waals surface area contributed by atoms with Crippen LogP contribution >= 0.6 is 0 Å². The number of aromatic nitrogens is 2. The third-order valence-corrected chi connectivity index (χ3v) is 2.39. The molecule has 0 spiro atoms. The first-order valence-corrected chi connectivity index (χ1v) is 5.68. The summed E-state index contributed by atoms with van der Waals surface area (Å²) < 4.78 is 0. The van der Waals surface area contributed by atoms with Crippen LogP contribution in [0.5, 0.6) is 0 Å². The number of benzene rings is 1. The first-order chi connectivity index (χ1) is 8.16. The number of rotatable bonds is 3. The van der Waals surface area contributed by atoms with Crippen LogP contribution in [0.4, 0.5) is 0 Å². The topological polar surface area (TPSA) is 64.2 Å².